The minimum atomic E-state index is 0. The Morgan fingerprint density at radius 2 is 1.42 bits per heavy atom. The quantitative estimate of drug-likeness (QED) is 0.401. The van der Waals surface area contributed by atoms with Gasteiger partial charge < -0.3 is 30.1 Å². The van der Waals surface area contributed by atoms with Crippen molar-refractivity contribution in [3.05, 3.63) is 10.3 Å². The Hall–Kier alpha value is 0.356. The van der Waals surface area contributed by atoms with Gasteiger partial charge in [-0.1, -0.05) is 32.1 Å². The van der Waals surface area contributed by atoms with Gasteiger partial charge in [0.1, 0.15) is 6.29 Å². The molecule has 70 valence electrons. The molecule has 4 heteroatoms. The van der Waals surface area contributed by atoms with E-state index in [0.29, 0.717) is 6.29 Å². The van der Waals surface area contributed by atoms with Crippen LogP contribution in [0.3, 0.4) is 0 Å². The fourth-order valence-electron chi connectivity index (χ4n) is 0.912. The van der Waals surface area contributed by atoms with Gasteiger partial charge in [-0.05, 0) is 0 Å². The van der Waals surface area contributed by atoms with Crippen LogP contribution in [-0.2, 0) is 46.8 Å². The number of allylic oxidation sites excluding steroid dienone is 1. The summed E-state index contributed by atoms with van der Waals surface area (Å²) >= 11 is 8.61. The first kappa shape index (κ1) is 14.9. The summed E-state index contributed by atoms with van der Waals surface area (Å²) in [5.41, 5.74) is 0. The second-order valence-electron chi connectivity index (χ2n) is 2.41. The van der Waals surface area contributed by atoms with E-state index in [-0.39, 0.29) is 21.7 Å². The maximum atomic E-state index is 9.50. The Morgan fingerprint density at radius 1 is 1.08 bits per heavy atom. The molecule has 0 heterocycles. The summed E-state index contributed by atoms with van der Waals surface area (Å²) < 4.78 is 0. The van der Waals surface area contributed by atoms with Gasteiger partial charge in [0.2, 0.25) is 0 Å². The minimum Gasteiger partial charge on any atom is -0.789 e. The molecule has 0 spiro atoms. The van der Waals surface area contributed by atoms with Gasteiger partial charge in [-0.2, -0.15) is 4.91 Å². The molecule has 1 nitrogen and oxygen atoms in total. The van der Waals surface area contributed by atoms with Crippen molar-refractivity contribution in [2.24, 2.45) is 0 Å². The zero-order valence-electron chi connectivity index (χ0n) is 6.75. The first-order chi connectivity index (χ1) is 5.31. The SMILES string of the molecule is C1CCCC1.O=C/C([S-])=C/[S-].[Co+3]. The molecule has 1 saturated carbocycles. The smallest absolute Gasteiger partial charge is 0.789 e. The van der Waals surface area contributed by atoms with E-state index in [4.69, 9.17) is 0 Å². The molecule has 12 heavy (non-hydrogen) atoms. The third-order valence-electron chi connectivity index (χ3n) is 1.48. The number of carbonyl (C=O) groups is 1. The van der Waals surface area contributed by atoms with Gasteiger partial charge in [-0.3, -0.25) is 0 Å². The van der Waals surface area contributed by atoms with E-state index in [9.17, 15) is 4.79 Å². The van der Waals surface area contributed by atoms with Gasteiger partial charge >= 0.3 is 16.8 Å². The second-order valence-corrected chi connectivity index (χ2v) is 3.11. The Balaban J connectivity index is 0. The standard InChI is InChI=1S/C5H10.C3H4OS2.Co/c1-2-4-5-3-1;4-1-3(6)2-5;/h1-5H2;1-2,5-6H;/q;;+3/p-2/b;3-2-;. The summed E-state index contributed by atoms with van der Waals surface area (Å²) in [5.74, 6) is 0. The first-order valence-corrected chi connectivity index (χ1v) is 4.63. The largest absolute Gasteiger partial charge is 3.00 e. The topological polar surface area (TPSA) is 17.1 Å². The van der Waals surface area contributed by atoms with Crippen molar-refractivity contribution in [1.82, 2.24) is 0 Å². The zero-order chi connectivity index (χ0) is 8.53. The van der Waals surface area contributed by atoms with Gasteiger partial charge in [-0.15, -0.1) is 0 Å². The average Bonchev–Trinajstić information content (AvgIpc) is 2.60. The van der Waals surface area contributed by atoms with Crippen molar-refractivity contribution < 1.29 is 21.6 Å². The van der Waals surface area contributed by atoms with Gasteiger partial charge in [0.15, 0.2) is 0 Å². The van der Waals surface area contributed by atoms with E-state index >= 15 is 0 Å². The van der Waals surface area contributed by atoms with E-state index in [1.54, 1.807) is 0 Å². The molecule has 0 amide bonds. The normalized spacial score (nSPS) is 15.5. The van der Waals surface area contributed by atoms with Crippen LogP contribution in [0.5, 0.6) is 0 Å². The van der Waals surface area contributed by atoms with Crippen LogP contribution in [0.2, 0.25) is 0 Å². The monoisotopic (exact) mass is 247 g/mol. The Bertz CT molecular complexity index is 125. The van der Waals surface area contributed by atoms with Crippen molar-refractivity contribution in [1.29, 1.82) is 0 Å². The van der Waals surface area contributed by atoms with E-state index in [0.717, 1.165) is 0 Å². The van der Waals surface area contributed by atoms with Crippen molar-refractivity contribution in [2.75, 3.05) is 0 Å². The summed E-state index contributed by atoms with van der Waals surface area (Å²) in [6.07, 6.45) is 8.04. The van der Waals surface area contributed by atoms with Crippen molar-refractivity contribution in [3.63, 3.8) is 0 Å². The zero-order valence-corrected chi connectivity index (χ0v) is 9.42. The average molecular weight is 247 g/mol. The summed E-state index contributed by atoms with van der Waals surface area (Å²) in [6, 6.07) is 0. The van der Waals surface area contributed by atoms with Gasteiger partial charge in [0.25, 0.3) is 0 Å². The molecule has 0 aromatic rings. The van der Waals surface area contributed by atoms with Crippen LogP contribution < -0.4 is 0 Å². The fourth-order valence-corrected chi connectivity index (χ4v) is 0.967. The van der Waals surface area contributed by atoms with Crippen LogP contribution in [0, 0.1) is 0 Å². The molecule has 0 unspecified atom stereocenters. The van der Waals surface area contributed by atoms with E-state index in [1.807, 2.05) is 0 Å². The van der Waals surface area contributed by atoms with Crippen LogP contribution in [0.1, 0.15) is 32.1 Å². The summed E-state index contributed by atoms with van der Waals surface area (Å²) in [7, 11) is 0. The van der Waals surface area contributed by atoms with Crippen LogP contribution in [0.15, 0.2) is 10.3 Å². The molecule has 0 bridgehead atoms. The van der Waals surface area contributed by atoms with Crippen molar-refractivity contribution in [2.45, 2.75) is 32.1 Å². The molecular weight excluding hydrogens is 235 g/mol. The molecule has 1 aliphatic carbocycles. The maximum Gasteiger partial charge on any atom is 3.00 e. The number of aldehydes is 1. The van der Waals surface area contributed by atoms with Crippen molar-refractivity contribution in [3.8, 4) is 0 Å². The molecule has 0 aromatic heterocycles. The van der Waals surface area contributed by atoms with Crippen LogP contribution in [-0.4, -0.2) is 6.29 Å². The molecule has 0 aromatic carbocycles. The predicted molar refractivity (Wildman–Crippen MR) is 52.0 cm³/mol. The Labute approximate surface area is 95.4 Å². The second kappa shape index (κ2) is 11.4. The molecule has 1 rings (SSSR count). The van der Waals surface area contributed by atoms with Gasteiger partial charge in [0.05, 0.1) is 0 Å². The summed E-state index contributed by atoms with van der Waals surface area (Å²) in [4.78, 5) is 9.68. The molecular formula is C8H12CoOS2+. The van der Waals surface area contributed by atoms with Crippen LogP contribution in [0.4, 0.5) is 0 Å². The van der Waals surface area contributed by atoms with E-state index in [1.165, 1.54) is 37.5 Å². The third-order valence-corrected chi connectivity index (χ3v) is 2.10. The molecule has 0 saturated heterocycles. The first-order valence-electron chi connectivity index (χ1n) is 3.75. The van der Waals surface area contributed by atoms with Crippen molar-refractivity contribution >= 4 is 31.5 Å². The molecule has 0 aliphatic heterocycles. The minimum absolute atomic E-state index is 0. The maximum absolute atomic E-state index is 9.50. The number of carbonyl (C=O) groups excluding carboxylic acids is 1. The molecule has 0 N–H and O–H groups in total. The van der Waals surface area contributed by atoms with E-state index < -0.39 is 0 Å². The fraction of sp³-hybridized carbons (Fsp3) is 0.625. The van der Waals surface area contributed by atoms with Gasteiger partial charge in [0, 0.05) is 0 Å². The molecule has 0 radical (unpaired) electrons. The Morgan fingerprint density at radius 3 is 1.50 bits per heavy atom. The Kier molecular flexibility index (Phi) is 14.1. The number of rotatable bonds is 1. The number of hydrogen-bond donors (Lipinski definition) is 0. The summed E-state index contributed by atoms with van der Waals surface area (Å²) in [6.45, 7) is 0. The number of hydrogen-bond acceptors (Lipinski definition) is 3. The third kappa shape index (κ3) is 10.4. The predicted octanol–water partition coefficient (Wildman–Crippen LogP) is 2.07. The molecule has 0 atom stereocenters. The molecule has 1 fully saturated rings. The van der Waals surface area contributed by atoms with E-state index in [2.05, 4.69) is 25.3 Å². The summed E-state index contributed by atoms with van der Waals surface area (Å²) in [5, 5.41) is 1.17. The van der Waals surface area contributed by atoms with Crippen LogP contribution >= 0.6 is 0 Å². The molecule has 1 aliphatic rings. The van der Waals surface area contributed by atoms with Gasteiger partial charge in [-0.25, -0.2) is 5.41 Å². The van der Waals surface area contributed by atoms with Crippen LogP contribution in [0.25, 0.3) is 0 Å².